The number of rotatable bonds is 2. The quantitative estimate of drug-likeness (QED) is 0.799. The second-order valence-corrected chi connectivity index (χ2v) is 6.92. The maximum Gasteiger partial charge on any atom is 0.322 e. The molecule has 1 saturated heterocycles. The Bertz CT molecular complexity index is 940. The molecule has 138 valence electrons. The molecule has 0 radical (unpaired) electrons. The first-order valence-corrected chi connectivity index (χ1v) is 8.70. The highest BCUT2D eigenvalue weighted by Crippen LogP contribution is 2.34. The maximum atomic E-state index is 13.1. The number of hydrogen-bond donors (Lipinski definition) is 2. The molecule has 2 aliphatic heterocycles. The lowest BCUT2D eigenvalue weighted by molar-refractivity contribution is -0.123. The summed E-state index contributed by atoms with van der Waals surface area (Å²) < 4.78 is 5.79. The summed E-state index contributed by atoms with van der Waals surface area (Å²) in [6.45, 7) is 4.00. The van der Waals surface area contributed by atoms with Crippen molar-refractivity contribution in [1.29, 1.82) is 0 Å². The first kappa shape index (κ1) is 17.1. The predicted molar refractivity (Wildman–Crippen MR) is 98.7 cm³/mol. The number of nitrogens with zero attached hydrogens (tertiary/aromatic N) is 1. The molecule has 2 atom stereocenters. The lowest BCUT2D eigenvalue weighted by Crippen LogP contribution is -2.42. The molecule has 27 heavy (non-hydrogen) atoms. The Morgan fingerprint density at radius 2 is 1.85 bits per heavy atom. The van der Waals surface area contributed by atoms with Gasteiger partial charge < -0.3 is 15.0 Å². The third-order valence-corrected chi connectivity index (χ3v) is 4.92. The Morgan fingerprint density at radius 3 is 2.52 bits per heavy atom. The first-order valence-electron chi connectivity index (χ1n) is 8.70. The van der Waals surface area contributed by atoms with Crippen LogP contribution in [0.3, 0.4) is 0 Å². The molecule has 1 fully saturated rings. The number of carbonyl (C=O) groups excluding carboxylic acids is 3. The molecule has 7 heteroatoms. The van der Waals surface area contributed by atoms with Crippen LogP contribution in [0.5, 0.6) is 5.75 Å². The maximum absolute atomic E-state index is 13.1. The minimum absolute atomic E-state index is 0.112. The van der Waals surface area contributed by atoms with Gasteiger partial charge in [-0.05, 0) is 43.7 Å². The van der Waals surface area contributed by atoms with E-state index in [0.717, 1.165) is 5.69 Å². The Balaban J connectivity index is 1.63. The van der Waals surface area contributed by atoms with Crippen LogP contribution in [0.25, 0.3) is 0 Å². The summed E-state index contributed by atoms with van der Waals surface area (Å²) in [6.07, 6.45) is -0.112. The number of nitrogens with one attached hydrogen (secondary N) is 2. The van der Waals surface area contributed by atoms with Crippen molar-refractivity contribution < 1.29 is 19.1 Å². The summed E-state index contributed by atoms with van der Waals surface area (Å²) in [5.74, 6) is 0.121. The van der Waals surface area contributed by atoms with Crippen LogP contribution in [-0.4, -0.2) is 30.5 Å². The van der Waals surface area contributed by atoms with E-state index in [1.54, 1.807) is 36.1 Å². The summed E-state index contributed by atoms with van der Waals surface area (Å²) in [5.41, 5.74) is 0.701. The minimum atomic E-state index is -1.14. The average molecular weight is 365 g/mol. The number of carbonyl (C=O) groups is 3. The van der Waals surface area contributed by atoms with Gasteiger partial charge in [-0.1, -0.05) is 24.3 Å². The molecule has 2 unspecified atom stereocenters. The number of fused-ring (bicyclic) bond motifs is 1. The van der Waals surface area contributed by atoms with E-state index in [0.29, 0.717) is 23.4 Å². The van der Waals surface area contributed by atoms with E-state index in [2.05, 4.69) is 10.6 Å². The van der Waals surface area contributed by atoms with Gasteiger partial charge >= 0.3 is 6.03 Å². The fourth-order valence-electron chi connectivity index (χ4n) is 3.43. The smallest absolute Gasteiger partial charge is 0.322 e. The molecular formula is C20H19N3O4. The van der Waals surface area contributed by atoms with Gasteiger partial charge in [-0.2, -0.15) is 0 Å². The molecule has 2 aliphatic rings. The second-order valence-electron chi connectivity index (χ2n) is 6.92. The van der Waals surface area contributed by atoms with Crippen LogP contribution < -0.4 is 20.3 Å². The Morgan fingerprint density at radius 1 is 1.15 bits per heavy atom. The average Bonchev–Trinajstić information content (AvgIpc) is 2.93. The van der Waals surface area contributed by atoms with Gasteiger partial charge in [0.1, 0.15) is 17.4 Å². The lowest BCUT2D eigenvalue weighted by Gasteiger charge is -2.33. The number of hydrogen-bond acceptors (Lipinski definition) is 4. The molecule has 0 bridgehead atoms. The van der Waals surface area contributed by atoms with Crippen LogP contribution in [0.4, 0.5) is 10.5 Å². The molecule has 2 heterocycles. The van der Waals surface area contributed by atoms with Crippen molar-refractivity contribution in [2.24, 2.45) is 0 Å². The minimum Gasteiger partial charge on any atom is -0.487 e. The topological polar surface area (TPSA) is 87.7 Å². The fraction of sp³-hybridized carbons (Fsp3) is 0.250. The molecule has 2 N–H and O–H groups in total. The highest BCUT2D eigenvalue weighted by atomic mass is 16.5. The predicted octanol–water partition coefficient (Wildman–Crippen LogP) is 2.17. The fourth-order valence-corrected chi connectivity index (χ4v) is 3.43. The van der Waals surface area contributed by atoms with Crippen LogP contribution in [0.1, 0.15) is 29.8 Å². The van der Waals surface area contributed by atoms with Crippen LogP contribution in [-0.2, 0) is 10.3 Å². The van der Waals surface area contributed by atoms with Crippen molar-refractivity contribution in [2.75, 3.05) is 11.4 Å². The molecule has 0 saturated carbocycles. The van der Waals surface area contributed by atoms with Gasteiger partial charge in [0.25, 0.3) is 11.8 Å². The van der Waals surface area contributed by atoms with Gasteiger partial charge in [0.05, 0.1) is 12.2 Å². The van der Waals surface area contributed by atoms with E-state index in [-0.39, 0.29) is 12.0 Å². The third kappa shape index (κ3) is 2.81. The number of amides is 4. The number of imide groups is 1. The third-order valence-electron chi connectivity index (χ3n) is 4.92. The van der Waals surface area contributed by atoms with Crippen molar-refractivity contribution >= 4 is 23.5 Å². The van der Waals surface area contributed by atoms with Crippen LogP contribution >= 0.6 is 0 Å². The Kier molecular flexibility index (Phi) is 3.87. The highest BCUT2D eigenvalue weighted by molar-refractivity contribution is 6.08. The summed E-state index contributed by atoms with van der Waals surface area (Å²) in [6, 6.07) is 13.6. The van der Waals surface area contributed by atoms with Gasteiger partial charge in [-0.15, -0.1) is 0 Å². The highest BCUT2D eigenvalue weighted by Gasteiger charge is 2.43. The van der Waals surface area contributed by atoms with Gasteiger partial charge in [0, 0.05) is 5.56 Å². The van der Waals surface area contributed by atoms with E-state index in [1.165, 1.54) is 0 Å². The van der Waals surface area contributed by atoms with Gasteiger partial charge in [0.15, 0.2) is 0 Å². The molecule has 2 aromatic rings. The van der Waals surface area contributed by atoms with Gasteiger partial charge in [-0.25, -0.2) is 4.79 Å². The largest absolute Gasteiger partial charge is 0.487 e. The number of urea groups is 1. The summed E-state index contributed by atoms with van der Waals surface area (Å²) in [5, 5.41) is 4.85. The number of para-hydroxylation sites is 2. The SMILES string of the molecule is CC1CN(C(=O)c2ccc(C3(C)NC(=O)NC3=O)cc2)c2ccccc2O1. The van der Waals surface area contributed by atoms with E-state index in [4.69, 9.17) is 4.74 Å². The van der Waals surface area contributed by atoms with E-state index < -0.39 is 17.5 Å². The van der Waals surface area contributed by atoms with Crippen molar-refractivity contribution in [2.45, 2.75) is 25.5 Å². The monoisotopic (exact) mass is 365 g/mol. The molecule has 0 aliphatic carbocycles. The molecule has 7 nitrogen and oxygen atoms in total. The zero-order chi connectivity index (χ0) is 19.2. The normalized spacial score (nSPS) is 23.9. The second kappa shape index (κ2) is 6.12. The number of benzene rings is 2. The molecular weight excluding hydrogens is 346 g/mol. The summed E-state index contributed by atoms with van der Waals surface area (Å²) in [4.78, 5) is 38.3. The molecule has 0 spiro atoms. The first-order chi connectivity index (χ1) is 12.9. The van der Waals surface area contributed by atoms with Crippen LogP contribution in [0, 0.1) is 0 Å². The molecule has 0 aromatic heterocycles. The van der Waals surface area contributed by atoms with E-state index >= 15 is 0 Å². The van der Waals surface area contributed by atoms with Crippen LogP contribution in [0.15, 0.2) is 48.5 Å². The Hall–Kier alpha value is -3.35. The zero-order valence-corrected chi connectivity index (χ0v) is 15.0. The van der Waals surface area contributed by atoms with E-state index in [9.17, 15) is 14.4 Å². The van der Waals surface area contributed by atoms with Crippen molar-refractivity contribution in [3.8, 4) is 5.75 Å². The van der Waals surface area contributed by atoms with Crippen molar-refractivity contribution in [3.63, 3.8) is 0 Å². The van der Waals surface area contributed by atoms with E-state index in [1.807, 2.05) is 31.2 Å². The molecule has 4 rings (SSSR count). The standard InChI is InChI=1S/C20H19N3O4/c1-12-11-23(15-5-3-4-6-16(15)27-12)17(24)13-7-9-14(10-8-13)20(2)18(25)21-19(26)22-20/h3-10,12H,11H2,1-2H3,(H2,21,22,25,26). The van der Waals surface area contributed by atoms with Crippen LogP contribution in [0.2, 0.25) is 0 Å². The van der Waals surface area contributed by atoms with Gasteiger partial charge in [-0.3, -0.25) is 14.9 Å². The lowest BCUT2D eigenvalue weighted by atomic mass is 9.91. The Labute approximate surface area is 156 Å². The van der Waals surface area contributed by atoms with Crippen molar-refractivity contribution in [3.05, 3.63) is 59.7 Å². The zero-order valence-electron chi connectivity index (χ0n) is 15.0. The number of ether oxygens (including phenoxy) is 1. The summed E-state index contributed by atoms with van der Waals surface area (Å²) in [7, 11) is 0. The number of anilines is 1. The van der Waals surface area contributed by atoms with Gasteiger partial charge in [0.2, 0.25) is 0 Å². The van der Waals surface area contributed by atoms with Crippen molar-refractivity contribution in [1.82, 2.24) is 10.6 Å². The summed E-state index contributed by atoms with van der Waals surface area (Å²) >= 11 is 0. The molecule has 4 amide bonds. The molecule has 2 aromatic carbocycles.